The summed E-state index contributed by atoms with van der Waals surface area (Å²) in [5, 5.41) is 12.6. The number of nitrogens with zero attached hydrogens (tertiary/aromatic N) is 2. The van der Waals surface area contributed by atoms with Crippen molar-refractivity contribution in [1.82, 2.24) is 4.98 Å². The van der Waals surface area contributed by atoms with E-state index in [1.165, 1.54) is 5.56 Å². The summed E-state index contributed by atoms with van der Waals surface area (Å²) in [6.07, 6.45) is 0.656. The van der Waals surface area contributed by atoms with Crippen LogP contribution in [0.2, 0.25) is 0 Å². The maximum absolute atomic E-state index is 12.5. The van der Waals surface area contributed by atoms with Crippen LogP contribution in [0.4, 0.5) is 5.69 Å². The monoisotopic (exact) mass is 361 g/mol. The lowest BCUT2D eigenvalue weighted by Crippen LogP contribution is -2.14. The molecule has 26 heavy (non-hydrogen) atoms. The number of thiazole rings is 1. The van der Waals surface area contributed by atoms with E-state index in [0.29, 0.717) is 6.42 Å². The minimum Gasteiger partial charge on any atom is -0.326 e. The first-order valence-electron chi connectivity index (χ1n) is 8.34. The minimum absolute atomic E-state index is 0.0740. The summed E-state index contributed by atoms with van der Waals surface area (Å²) >= 11 is 1.55. The van der Waals surface area contributed by atoms with Gasteiger partial charge in [-0.15, -0.1) is 11.3 Å². The first kappa shape index (κ1) is 17.8. The predicted molar refractivity (Wildman–Crippen MR) is 105 cm³/mol. The molecule has 0 aliphatic heterocycles. The van der Waals surface area contributed by atoms with E-state index in [0.717, 1.165) is 32.4 Å². The van der Waals surface area contributed by atoms with Crippen molar-refractivity contribution in [2.45, 2.75) is 26.7 Å². The Balaban J connectivity index is 1.73. The number of carbonyl (C=O) groups is 1. The second-order valence-corrected chi connectivity index (χ2v) is 7.42. The second-order valence-electron chi connectivity index (χ2n) is 6.13. The fourth-order valence-electron chi connectivity index (χ4n) is 2.67. The number of anilines is 1. The van der Waals surface area contributed by atoms with Crippen LogP contribution in [-0.2, 0) is 17.6 Å². The van der Waals surface area contributed by atoms with Crippen LogP contribution < -0.4 is 5.32 Å². The van der Waals surface area contributed by atoms with Gasteiger partial charge in [-0.3, -0.25) is 4.79 Å². The van der Waals surface area contributed by atoms with E-state index in [-0.39, 0.29) is 12.3 Å². The zero-order chi connectivity index (χ0) is 18.5. The Morgan fingerprint density at radius 3 is 2.46 bits per heavy atom. The Hall–Kier alpha value is -2.97. The Morgan fingerprint density at radius 2 is 1.81 bits per heavy atom. The van der Waals surface area contributed by atoms with Crippen LogP contribution in [0.25, 0.3) is 11.3 Å². The number of hydrogen-bond acceptors (Lipinski definition) is 4. The average molecular weight is 361 g/mol. The normalized spacial score (nSPS) is 10.3. The molecule has 3 rings (SSSR count). The van der Waals surface area contributed by atoms with Gasteiger partial charge in [0.1, 0.15) is 0 Å². The van der Waals surface area contributed by atoms with Crippen molar-refractivity contribution in [3.63, 3.8) is 0 Å². The Kier molecular flexibility index (Phi) is 5.45. The molecule has 1 aromatic heterocycles. The van der Waals surface area contributed by atoms with E-state index in [2.05, 4.69) is 28.5 Å². The summed E-state index contributed by atoms with van der Waals surface area (Å²) < 4.78 is 0. The molecular weight excluding hydrogens is 342 g/mol. The third kappa shape index (κ3) is 4.35. The highest BCUT2D eigenvalue weighted by molar-refractivity contribution is 7.12. The van der Waals surface area contributed by atoms with Crippen LogP contribution >= 0.6 is 11.3 Å². The van der Waals surface area contributed by atoms with Gasteiger partial charge in [-0.25, -0.2) is 4.98 Å². The summed E-state index contributed by atoms with van der Waals surface area (Å²) in [5.74, 6) is -0.0740. The number of nitrogens with one attached hydrogen (secondary N) is 1. The van der Waals surface area contributed by atoms with Crippen LogP contribution in [-0.4, -0.2) is 10.9 Å². The van der Waals surface area contributed by atoms with Gasteiger partial charge in [0.25, 0.3) is 0 Å². The summed E-state index contributed by atoms with van der Waals surface area (Å²) in [5.41, 5.74) is 4.77. The van der Waals surface area contributed by atoms with Crippen LogP contribution in [0, 0.1) is 25.2 Å². The van der Waals surface area contributed by atoms with Crippen molar-refractivity contribution in [3.8, 4) is 17.3 Å². The van der Waals surface area contributed by atoms with Gasteiger partial charge >= 0.3 is 0 Å². The zero-order valence-electron chi connectivity index (χ0n) is 14.7. The maximum atomic E-state index is 12.5. The molecule has 0 atom stereocenters. The van der Waals surface area contributed by atoms with Crippen LogP contribution in [0.1, 0.15) is 21.0 Å². The van der Waals surface area contributed by atoms with Crippen LogP contribution in [0.5, 0.6) is 0 Å². The number of amides is 1. The van der Waals surface area contributed by atoms with Gasteiger partial charge in [-0.05, 0) is 31.5 Å². The fraction of sp³-hybridized carbons (Fsp3) is 0.190. The first-order chi connectivity index (χ1) is 12.5. The number of rotatable bonds is 5. The van der Waals surface area contributed by atoms with Crippen molar-refractivity contribution in [2.24, 2.45) is 0 Å². The summed E-state index contributed by atoms with van der Waals surface area (Å²) in [6, 6.07) is 17.7. The molecule has 0 saturated carbocycles. The molecule has 1 N–H and O–H groups in total. The topological polar surface area (TPSA) is 65.8 Å². The van der Waals surface area contributed by atoms with Gasteiger partial charge in [-0.1, -0.05) is 42.0 Å². The molecule has 0 radical (unpaired) electrons. The van der Waals surface area contributed by atoms with Gasteiger partial charge in [-0.2, -0.15) is 5.26 Å². The predicted octanol–water partition coefficient (Wildman–Crippen LogP) is 4.67. The number of nitriles is 1. The molecule has 0 fully saturated rings. The third-order valence-electron chi connectivity index (χ3n) is 3.97. The summed E-state index contributed by atoms with van der Waals surface area (Å²) in [7, 11) is 0. The molecule has 0 aliphatic rings. The van der Waals surface area contributed by atoms with Gasteiger partial charge < -0.3 is 5.32 Å². The molecule has 2 aromatic carbocycles. The van der Waals surface area contributed by atoms with Crippen molar-refractivity contribution >= 4 is 22.9 Å². The van der Waals surface area contributed by atoms with E-state index in [1.54, 1.807) is 11.3 Å². The van der Waals surface area contributed by atoms with Crippen molar-refractivity contribution in [1.29, 1.82) is 5.26 Å². The van der Waals surface area contributed by atoms with Crippen molar-refractivity contribution in [2.75, 3.05) is 5.32 Å². The molecule has 0 bridgehead atoms. The average Bonchev–Trinajstić information content (AvgIpc) is 2.97. The standard InChI is InChI=1S/C21H19N3OS/c1-14-3-7-17(8-4-14)21-19(26-15(2)23-21)13-20(25)24-18-9-5-16(6-10-18)11-12-22/h3-10H,11,13H2,1-2H3,(H,24,25). The minimum atomic E-state index is -0.0740. The van der Waals surface area contributed by atoms with Crippen molar-refractivity contribution < 1.29 is 4.79 Å². The smallest absolute Gasteiger partial charge is 0.229 e. The lowest BCUT2D eigenvalue weighted by molar-refractivity contribution is -0.115. The highest BCUT2D eigenvalue weighted by Gasteiger charge is 2.15. The Bertz CT molecular complexity index is 950. The lowest BCUT2D eigenvalue weighted by atomic mass is 10.1. The van der Waals surface area contributed by atoms with E-state index >= 15 is 0 Å². The quantitative estimate of drug-likeness (QED) is 0.718. The molecule has 130 valence electrons. The highest BCUT2D eigenvalue weighted by Crippen LogP contribution is 2.29. The molecule has 0 aliphatic carbocycles. The van der Waals surface area contributed by atoms with Gasteiger partial charge in [0, 0.05) is 16.1 Å². The van der Waals surface area contributed by atoms with E-state index < -0.39 is 0 Å². The molecule has 4 nitrogen and oxygen atoms in total. The number of aryl methyl sites for hydroxylation is 2. The number of aromatic nitrogens is 1. The maximum Gasteiger partial charge on any atom is 0.229 e. The SMILES string of the molecule is Cc1ccc(-c2nc(C)sc2CC(=O)Nc2ccc(CC#N)cc2)cc1. The molecule has 0 unspecified atom stereocenters. The Labute approximate surface area is 157 Å². The molecule has 5 heteroatoms. The number of carbonyl (C=O) groups excluding carboxylic acids is 1. The zero-order valence-corrected chi connectivity index (χ0v) is 15.6. The molecule has 3 aromatic rings. The van der Waals surface area contributed by atoms with Gasteiger partial charge in [0.2, 0.25) is 5.91 Å². The van der Waals surface area contributed by atoms with E-state index in [4.69, 9.17) is 5.26 Å². The molecular formula is C21H19N3OS. The number of hydrogen-bond donors (Lipinski definition) is 1. The van der Waals surface area contributed by atoms with E-state index in [1.807, 2.05) is 50.2 Å². The highest BCUT2D eigenvalue weighted by atomic mass is 32.1. The van der Waals surface area contributed by atoms with Crippen LogP contribution in [0.15, 0.2) is 48.5 Å². The van der Waals surface area contributed by atoms with Gasteiger partial charge in [0.15, 0.2) is 0 Å². The molecule has 0 spiro atoms. The largest absolute Gasteiger partial charge is 0.326 e. The fourth-order valence-corrected chi connectivity index (χ4v) is 3.63. The summed E-state index contributed by atoms with van der Waals surface area (Å²) in [6.45, 7) is 4.00. The Morgan fingerprint density at radius 1 is 1.12 bits per heavy atom. The molecule has 1 amide bonds. The first-order valence-corrected chi connectivity index (χ1v) is 9.16. The summed E-state index contributed by atoms with van der Waals surface area (Å²) in [4.78, 5) is 18.0. The van der Waals surface area contributed by atoms with Crippen LogP contribution in [0.3, 0.4) is 0 Å². The molecule has 0 saturated heterocycles. The van der Waals surface area contributed by atoms with E-state index in [9.17, 15) is 4.79 Å². The second kappa shape index (κ2) is 7.94. The van der Waals surface area contributed by atoms with Crippen molar-refractivity contribution in [3.05, 3.63) is 69.5 Å². The lowest BCUT2D eigenvalue weighted by Gasteiger charge is -2.06. The third-order valence-corrected chi connectivity index (χ3v) is 4.94. The number of benzene rings is 2. The molecule has 1 heterocycles. The van der Waals surface area contributed by atoms with Gasteiger partial charge in [0.05, 0.1) is 29.6 Å².